The maximum Gasteiger partial charge on any atom is 0.242 e. The molecule has 1 aromatic heterocycles. The Morgan fingerprint density at radius 3 is 2.78 bits per heavy atom. The van der Waals surface area contributed by atoms with Crippen LogP contribution in [0.4, 0.5) is 5.69 Å². The van der Waals surface area contributed by atoms with Crippen molar-refractivity contribution < 1.29 is 9.21 Å². The molecule has 3 aromatic rings. The molecule has 5 heteroatoms. The van der Waals surface area contributed by atoms with E-state index >= 15 is 0 Å². The van der Waals surface area contributed by atoms with E-state index in [2.05, 4.69) is 15.6 Å². The molecule has 0 saturated heterocycles. The van der Waals surface area contributed by atoms with Crippen molar-refractivity contribution in [3.63, 3.8) is 0 Å². The second-order valence-electron chi connectivity index (χ2n) is 5.48. The molecule has 1 atom stereocenters. The molecule has 1 heterocycles. The number of rotatable bonds is 5. The highest BCUT2D eigenvalue weighted by atomic mass is 16.3. The standard InChI is InChI=1S/C18H19N3O2/c1-12(18(22)19-11-14-6-4-3-5-7-14)20-15-8-9-17-16(10-15)21-13(2)23-17/h3-10,12,20H,11H2,1-2H3,(H,19,22)/t12-/m0/s1. The number of carbonyl (C=O) groups excluding carboxylic acids is 1. The van der Waals surface area contributed by atoms with Gasteiger partial charge in [-0.2, -0.15) is 0 Å². The zero-order valence-electron chi connectivity index (χ0n) is 13.2. The van der Waals surface area contributed by atoms with Gasteiger partial charge in [0, 0.05) is 19.2 Å². The highest BCUT2D eigenvalue weighted by molar-refractivity contribution is 5.85. The van der Waals surface area contributed by atoms with E-state index in [1.165, 1.54) is 0 Å². The van der Waals surface area contributed by atoms with Crippen molar-refractivity contribution in [2.75, 3.05) is 5.32 Å². The monoisotopic (exact) mass is 309 g/mol. The second-order valence-corrected chi connectivity index (χ2v) is 5.48. The Balaban J connectivity index is 1.60. The first kappa shape index (κ1) is 15.1. The summed E-state index contributed by atoms with van der Waals surface area (Å²) in [6.07, 6.45) is 0. The fraction of sp³-hybridized carbons (Fsp3) is 0.222. The molecule has 0 aliphatic heterocycles. The molecule has 0 bridgehead atoms. The summed E-state index contributed by atoms with van der Waals surface area (Å²) in [7, 11) is 0. The highest BCUT2D eigenvalue weighted by Gasteiger charge is 2.13. The van der Waals surface area contributed by atoms with E-state index in [9.17, 15) is 4.79 Å². The predicted octanol–water partition coefficient (Wildman–Crippen LogP) is 3.25. The lowest BCUT2D eigenvalue weighted by Gasteiger charge is -2.15. The van der Waals surface area contributed by atoms with Crippen LogP contribution in [0.15, 0.2) is 52.9 Å². The molecular weight excluding hydrogens is 290 g/mol. The minimum Gasteiger partial charge on any atom is -0.441 e. The molecule has 3 rings (SSSR count). The summed E-state index contributed by atoms with van der Waals surface area (Å²) in [5.74, 6) is 0.580. The highest BCUT2D eigenvalue weighted by Crippen LogP contribution is 2.20. The van der Waals surface area contributed by atoms with Crippen LogP contribution in [0.2, 0.25) is 0 Å². The van der Waals surface area contributed by atoms with Crippen molar-refractivity contribution in [1.29, 1.82) is 0 Å². The maximum atomic E-state index is 12.2. The molecule has 1 amide bonds. The SMILES string of the molecule is Cc1nc2cc(N[C@@H](C)C(=O)NCc3ccccc3)ccc2o1. The van der Waals surface area contributed by atoms with Crippen LogP contribution in [0, 0.1) is 6.92 Å². The van der Waals surface area contributed by atoms with Crippen molar-refractivity contribution >= 4 is 22.7 Å². The normalized spacial score (nSPS) is 12.1. The first-order valence-corrected chi connectivity index (χ1v) is 7.57. The van der Waals surface area contributed by atoms with Gasteiger partial charge in [-0.15, -0.1) is 0 Å². The van der Waals surface area contributed by atoms with Gasteiger partial charge in [0.05, 0.1) is 0 Å². The number of aryl methyl sites for hydroxylation is 1. The zero-order chi connectivity index (χ0) is 16.2. The van der Waals surface area contributed by atoms with Crippen LogP contribution >= 0.6 is 0 Å². The molecule has 2 aromatic carbocycles. The molecule has 5 nitrogen and oxygen atoms in total. The number of benzene rings is 2. The molecule has 0 aliphatic carbocycles. The number of oxazole rings is 1. The maximum absolute atomic E-state index is 12.2. The van der Waals surface area contributed by atoms with E-state index in [0.29, 0.717) is 12.4 Å². The third-order valence-corrected chi connectivity index (χ3v) is 3.58. The van der Waals surface area contributed by atoms with E-state index in [4.69, 9.17) is 4.42 Å². The number of carbonyl (C=O) groups is 1. The largest absolute Gasteiger partial charge is 0.441 e. The van der Waals surface area contributed by atoms with Crippen molar-refractivity contribution in [3.8, 4) is 0 Å². The van der Waals surface area contributed by atoms with Gasteiger partial charge in [-0.1, -0.05) is 30.3 Å². The molecule has 23 heavy (non-hydrogen) atoms. The van der Waals surface area contributed by atoms with Crippen LogP contribution in [-0.4, -0.2) is 16.9 Å². The quantitative estimate of drug-likeness (QED) is 0.759. The van der Waals surface area contributed by atoms with E-state index < -0.39 is 0 Å². The number of anilines is 1. The van der Waals surface area contributed by atoms with Crippen LogP contribution in [-0.2, 0) is 11.3 Å². The van der Waals surface area contributed by atoms with Crippen molar-refractivity contribution in [2.45, 2.75) is 26.4 Å². The van der Waals surface area contributed by atoms with E-state index in [-0.39, 0.29) is 11.9 Å². The van der Waals surface area contributed by atoms with E-state index in [1.807, 2.05) is 62.4 Å². The van der Waals surface area contributed by atoms with Crippen LogP contribution in [0.1, 0.15) is 18.4 Å². The van der Waals surface area contributed by atoms with Gasteiger partial charge in [-0.25, -0.2) is 4.98 Å². The molecule has 0 spiro atoms. The Bertz CT molecular complexity index is 812. The smallest absolute Gasteiger partial charge is 0.242 e. The van der Waals surface area contributed by atoms with Gasteiger partial charge in [0.2, 0.25) is 5.91 Å². The number of hydrogen-bond donors (Lipinski definition) is 2. The predicted molar refractivity (Wildman–Crippen MR) is 90.1 cm³/mol. The van der Waals surface area contributed by atoms with E-state index in [0.717, 1.165) is 22.4 Å². The first-order chi connectivity index (χ1) is 11.1. The van der Waals surface area contributed by atoms with Crippen molar-refractivity contribution in [1.82, 2.24) is 10.3 Å². The Hall–Kier alpha value is -2.82. The fourth-order valence-electron chi connectivity index (χ4n) is 2.39. The van der Waals surface area contributed by atoms with Crippen LogP contribution in [0.25, 0.3) is 11.1 Å². The van der Waals surface area contributed by atoms with Gasteiger partial charge in [-0.05, 0) is 30.7 Å². The molecule has 0 aliphatic rings. The lowest BCUT2D eigenvalue weighted by Crippen LogP contribution is -2.37. The van der Waals surface area contributed by atoms with Gasteiger partial charge in [0.25, 0.3) is 0 Å². The Morgan fingerprint density at radius 1 is 1.22 bits per heavy atom. The van der Waals surface area contributed by atoms with Crippen molar-refractivity contribution in [3.05, 3.63) is 60.0 Å². The molecule has 118 valence electrons. The molecule has 2 N–H and O–H groups in total. The third kappa shape index (κ3) is 3.69. The minimum atomic E-state index is -0.343. The third-order valence-electron chi connectivity index (χ3n) is 3.58. The topological polar surface area (TPSA) is 67.2 Å². The number of nitrogens with one attached hydrogen (secondary N) is 2. The average Bonchev–Trinajstić information content (AvgIpc) is 2.92. The minimum absolute atomic E-state index is 0.0507. The summed E-state index contributed by atoms with van der Waals surface area (Å²) in [6.45, 7) is 4.17. The Kier molecular flexibility index (Phi) is 4.28. The van der Waals surface area contributed by atoms with Gasteiger partial charge in [0.1, 0.15) is 11.6 Å². The zero-order valence-corrected chi connectivity index (χ0v) is 13.2. The molecule has 0 unspecified atom stereocenters. The number of aromatic nitrogens is 1. The first-order valence-electron chi connectivity index (χ1n) is 7.57. The van der Waals surface area contributed by atoms with Crippen LogP contribution in [0.3, 0.4) is 0 Å². The average molecular weight is 309 g/mol. The van der Waals surface area contributed by atoms with Gasteiger partial charge in [0.15, 0.2) is 11.5 Å². The number of fused-ring (bicyclic) bond motifs is 1. The fourth-order valence-corrected chi connectivity index (χ4v) is 2.39. The molecule has 0 fully saturated rings. The lowest BCUT2D eigenvalue weighted by atomic mass is 10.2. The number of amides is 1. The number of hydrogen-bond acceptors (Lipinski definition) is 4. The van der Waals surface area contributed by atoms with Gasteiger partial charge in [-0.3, -0.25) is 4.79 Å². The van der Waals surface area contributed by atoms with Gasteiger partial charge < -0.3 is 15.1 Å². The van der Waals surface area contributed by atoms with Crippen LogP contribution in [0.5, 0.6) is 0 Å². The summed E-state index contributed by atoms with van der Waals surface area (Å²) >= 11 is 0. The second kappa shape index (κ2) is 6.52. The number of nitrogens with zero attached hydrogens (tertiary/aromatic N) is 1. The summed E-state index contributed by atoms with van der Waals surface area (Å²) < 4.78 is 5.44. The summed E-state index contributed by atoms with van der Waals surface area (Å²) in [5, 5.41) is 6.11. The molecule has 0 radical (unpaired) electrons. The molecule has 0 saturated carbocycles. The molecular formula is C18H19N3O2. The lowest BCUT2D eigenvalue weighted by molar-refractivity contribution is -0.121. The van der Waals surface area contributed by atoms with Crippen LogP contribution < -0.4 is 10.6 Å². The summed E-state index contributed by atoms with van der Waals surface area (Å²) in [4.78, 5) is 16.5. The Morgan fingerprint density at radius 2 is 2.00 bits per heavy atom. The Labute approximate surface area is 134 Å². The van der Waals surface area contributed by atoms with Crippen molar-refractivity contribution in [2.24, 2.45) is 0 Å². The summed E-state index contributed by atoms with van der Waals surface area (Å²) in [6, 6.07) is 15.1. The summed E-state index contributed by atoms with van der Waals surface area (Å²) in [5.41, 5.74) is 3.44. The van der Waals surface area contributed by atoms with Gasteiger partial charge >= 0.3 is 0 Å². The van der Waals surface area contributed by atoms with E-state index in [1.54, 1.807) is 0 Å².